The van der Waals surface area contributed by atoms with E-state index in [0.29, 0.717) is 46.9 Å². The first kappa shape index (κ1) is 23.2. The van der Waals surface area contributed by atoms with Crippen LogP contribution in [0.15, 0.2) is 57.9 Å². The van der Waals surface area contributed by atoms with Gasteiger partial charge in [0.05, 0.1) is 17.3 Å². The van der Waals surface area contributed by atoms with Crippen LogP contribution < -0.4 is 10.3 Å². The molecule has 2 aromatic carbocycles. The third kappa shape index (κ3) is 5.63. The van der Waals surface area contributed by atoms with Gasteiger partial charge in [0.1, 0.15) is 11.4 Å². The second kappa shape index (κ2) is 10.3. The predicted octanol–water partition coefficient (Wildman–Crippen LogP) is 3.06. The average molecular weight is 463 g/mol. The zero-order valence-electron chi connectivity index (χ0n) is 16.8. The number of hydrogen-bond acceptors (Lipinski definition) is 6. The van der Waals surface area contributed by atoms with Crippen LogP contribution in [-0.4, -0.2) is 53.2 Å². The third-order valence-corrected chi connectivity index (χ3v) is 5.18. The molecule has 0 atom stereocenters. The molecule has 0 spiro atoms. The number of benzene rings is 2. The normalized spacial score (nSPS) is 14.0. The molecular formula is C22H20ClFN2O6. The minimum atomic E-state index is -1.82. The Kier molecular flexibility index (Phi) is 7.45. The van der Waals surface area contributed by atoms with E-state index in [-0.39, 0.29) is 11.2 Å². The molecule has 0 aliphatic carbocycles. The highest BCUT2D eigenvalue weighted by molar-refractivity contribution is 6.31. The first-order valence-corrected chi connectivity index (χ1v) is 10.0. The molecule has 0 radical (unpaired) electrons. The van der Waals surface area contributed by atoms with Crippen molar-refractivity contribution in [3.63, 3.8) is 0 Å². The fourth-order valence-corrected chi connectivity index (χ4v) is 3.52. The maximum absolute atomic E-state index is 13.9. The van der Waals surface area contributed by atoms with E-state index in [4.69, 9.17) is 35.8 Å². The number of nitrogens with zero attached hydrogens (tertiary/aromatic N) is 2. The summed E-state index contributed by atoms with van der Waals surface area (Å²) in [5.41, 5.74) is 1.73. The van der Waals surface area contributed by atoms with Gasteiger partial charge in [-0.3, -0.25) is 9.69 Å². The Balaban J connectivity index is 0.000000427. The van der Waals surface area contributed by atoms with Gasteiger partial charge in [-0.25, -0.2) is 14.0 Å². The van der Waals surface area contributed by atoms with Crippen LogP contribution >= 0.6 is 11.6 Å². The van der Waals surface area contributed by atoms with Crippen molar-refractivity contribution in [1.29, 1.82) is 0 Å². The van der Waals surface area contributed by atoms with Gasteiger partial charge in [0, 0.05) is 43.3 Å². The van der Waals surface area contributed by atoms with Gasteiger partial charge in [-0.15, -0.1) is 0 Å². The smallest absolute Gasteiger partial charge is 0.414 e. The average Bonchev–Trinajstić information content (AvgIpc) is 2.77. The van der Waals surface area contributed by atoms with Crippen LogP contribution in [0.5, 0.6) is 0 Å². The molecule has 0 amide bonds. The zero-order valence-corrected chi connectivity index (χ0v) is 17.6. The van der Waals surface area contributed by atoms with Crippen LogP contribution in [0, 0.1) is 5.82 Å². The molecule has 10 heteroatoms. The fraction of sp³-hybridized carbons (Fsp3) is 0.227. The summed E-state index contributed by atoms with van der Waals surface area (Å²) in [6.45, 7) is 3.44. The van der Waals surface area contributed by atoms with E-state index in [1.807, 2.05) is 11.0 Å². The van der Waals surface area contributed by atoms with Crippen molar-refractivity contribution in [2.24, 2.45) is 0 Å². The first-order chi connectivity index (χ1) is 15.3. The Morgan fingerprint density at radius 2 is 1.69 bits per heavy atom. The number of rotatable bonds is 3. The lowest BCUT2D eigenvalue weighted by atomic mass is 10.1. The largest absolute Gasteiger partial charge is 0.473 e. The molecular weight excluding hydrogens is 443 g/mol. The Labute approximate surface area is 187 Å². The summed E-state index contributed by atoms with van der Waals surface area (Å²) in [7, 11) is 0. The van der Waals surface area contributed by atoms with E-state index in [1.165, 1.54) is 12.3 Å². The standard InChI is InChI=1S/C20H18ClFN2O2.C2H2O4/c21-15-5-6-19-16(11-15)20(25)14(13-26-19)12-23-7-9-24(10-8-23)18-4-2-1-3-17(18)22;3-1(4)2(5)6/h1-6,11,13H,7-10,12H2;(H,3,4)(H,5,6). The summed E-state index contributed by atoms with van der Waals surface area (Å²) in [4.78, 5) is 35.1. The second-order valence-electron chi connectivity index (χ2n) is 7.06. The second-order valence-corrected chi connectivity index (χ2v) is 7.49. The van der Waals surface area contributed by atoms with Gasteiger partial charge in [0.25, 0.3) is 0 Å². The number of para-hydroxylation sites is 1. The number of aliphatic carboxylic acids is 2. The van der Waals surface area contributed by atoms with Crippen molar-refractivity contribution in [3.8, 4) is 0 Å². The molecule has 1 aliphatic heterocycles. The number of halogens is 2. The van der Waals surface area contributed by atoms with E-state index in [2.05, 4.69) is 4.90 Å². The molecule has 168 valence electrons. The van der Waals surface area contributed by atoms with Gasteiger partial charge in [0.15, 0.2) is 5.43 Å². The fourth-order valence-electron chi connectivity index (χ4n) is 3.35. The van der Waals surface area contributed by atoms with Crippen molar-refractivity contribution < 1.29 is 28.6 Å². The summed E-state index contributed by atoms with van der Waals surface area (Å²) in [5.74, 6) is -3.85. The third-order valence-electron chi connectivity index (χ3n) is 4.95. The summed E-state index contributed by atoms with van der Waals surface area (Å²) in [6.07, 6.45) is 1.53. The molecule has 8 nitrogen and oxygen atoms in total. The maximum Gasteiger partial charge on any atom is 0.414 e. The number of hydrogen-bond donors (Lipinski definition) is 2. The summed E-state index contributed by atoms with van der Waals surface area (Å²) in [5, 5.41) is 15.8. The highest BCUT2D eigenvalue weighted by Crippen LogP contribution is 2.21. The molecule has 32 heavy (non-hydrogen) atoms. The molecule has 0 unspecified atom stereocenters. The van der Waals surface area contributed by atoms with Gasteiger partial charge in [0.2, 0.25) is 0 Å². The van der Waals surface area contributed by atoms with Gasteiger partial charge in [-0.05, 0) is 30.3 Å². The predicted molar refractivity (Wildman–Crippen MR) is 117 cm³/mol. The van der Waals surface area contributed by atoms with Crippen LogP contribution in [0.1, 0.15) is 5.56 Å². The number of piperazine rings is 1. The van der Waals surface area contributed by atoms with Crippen molar-refractivity contribution in [1.82, 2.24) is 4.90 Å². The molecule has 4 rings (SSSR count). The molecule has 2 heterocycles. The Morgan fingerprint density at radius 3 is 2.31 bits per heavy atom. The van der Waals surface area contributed by atoms with Gasteiger partial charge in [-0.2, -0.15) is 0 Å². The lowest BCUT2D eigenvalue weighted by molar-refractivity contribution is -0.159. The Bertz CT molecular complexity index is 1180. The topological polar surface area (TPSA) is 111 Å². The first-order valence-electron chi connectivity index (χ1n) is 9.64. The summed E-state index contributed by atoms with van der Waals surface area (Å²) < 4.78 is 19.5. The lowest BCUT2D eigenvalue weighted by Gasteiger charge is -2.36. The van der Waals surface area contributed by atoms with E-state index < -0.39 is 11.9 Å². The van der Waals surface area contributed by atoms with Crippen LogP contribution in [0.2, 0.25) is 5.02 Å². The molecule has 1 aliphatic rings. The van der Waals surface area contributed by atoms with Crippen molar-refractivity contribution in [2.75, 3.05) is 31.1 Å². The van der Waals surface area contributed by atoms with Gasteiger partial charge in [-0.1, -0.05) is 23.7 Å². The number of fused-ring (bicyclic) bond motifs is 1. The Morgan fingerprint density at radius 1 is 1.03 bits per heavy atom. The van der Waals surface area contributed by atoms with E-state index in [0.717, 1.165) is 13.1 Å². The molecule has 3 aromatic rings. The van der Waals surface area contributed by atoms with E-state index in [1.54, 1.807) is 30.3 Å². The Hall–Kier alpha value is -3.43. The van der Waals surface area contributed by atoms with Crippen molar-refractivity contribution in [2.45, 2.75) is 6.54 Å². The lowest BCUT2D eigenvalue weighted by Crippen LogP contribution is -2.46. The maximum atomic E-state index is 13.9. The monoisotopic (exact) mass is 462 g/mol. The molecule has 1 fully saturated rings. The molecule has 1 saturated heterocycles. The SMILES string of the molecule is O=C(O)C(=O)O.O=c1c(CN2CCN(c3ccccc3F)CC2)coc2ccc(Cl)cc12. The summed E-state index contributed by atoms with van der Waals surface area (Å²) >= 11 is 5.99. The van der Waals surface area contributed by atoms with E-state index >= 15 is 0 Å². The number of carboxylic acids is 2. The highest BCUT2D eigenvalue weighted by atomic mass is 35.5. The van der Waals surface area contributed by atoms with Crippen LogP contribution in [0.4, 0.5) is 10.1 Å². The van der Waals surface area contributed by atoms with Gasteiger partial charge < -0.3 is 19.5 Å². The minimum absolute atomic E-state index is 0.0507. The molecule has 1 aromatic heterocycles. The van der Waals surface area contributed by atoms with Crippen LogP contribution in [0.3, 0.4) is 0 Å². The summed E-state index contributed by atoms with van der Waals surface area (Å²) in [6, 6.07) is 11.9. The van der Waals surface area contributed by atoms with E-state index in [9.17, 15) is 9.18 Å². The van der Waals surface area contributed by atoms with Crippen molar-refractivity contribution in [3.05, 3.63) is 75.4 Å². The molecule has 2 N–H and O–H groups in total. The zero-order chi connectivity index (χ0) is 23.3. The highest BCUT2D eigenvalue weighted by Gasteiger charge is 2.20. The molecule has 0 bridgehead atoms. The quantitative estimate of drug-likeness (QED) is 0.571. The molecule has 0 saturated carbocycles. The number of carbonyl (C=O) groups is 2. The van der Waals surface area contributed by atoms with Gasteiger partial charge >= 0.3 is 11.9 Å². The van der Waals surface area contributed by atoms with Crippen LogP contribution in [0.25, 0.3) is 11.0 Å². The van der Waals surface area contributed by atoms with Crippen molar-refractivity contribution >= 4 is 40.2 Å². The number of carboxylic acid groups (broad SMARTS) is 2. The van der Waals surface area contributed by atoms with Crippen LogP contribution in [-0.2, 0) is 16.1 Å². The number of anilines is 1. The minimum Gasteiger partial charge on any atom is -0.473 e.